The van der Waals surface area contributed by atoms with Crippen molar-refractivity contribution in [3.63, 3.8) is 0 Å². The Kier molecular flexibility index (Phi) is 4.09. The van der Waals surface area contributed by atoms with E-state index in [0.29, 0.717) is 37.0 Å². The van der Waals surface area contributed by atoms with Gasteiger partial charge in [-0.15, -0.1) is 0 Å². The van der Waals surface area contributed by atoms with Gasteiger partial charge in [-0.05, 0) is 38.8 Å². The van der Waals surface area contributed by atoms with Gasteiger partial charge < -0.3 is 15.2 Å². The molecular weight excluding hydrogens is 308 g/mol. The molecule has 1 aliphatic rings. The summed E-state index contributed by atoms with van der Waals surface area (Å²) in [6, 6.07) is 2.80. The number of carbonyl (C=O) groups is 2. The molecule has 2 aromatic rings. The lowest BCUT2D eigenvalue weighted by atomic mass is 10.1. The van der Waals surface area contributed by atoms with Gasteiger partial charge in [0.2, 0.25) is 11.3 Å². The Morgan fingerprint density at radius 2 is 2.12 bits per heavy atom. The minimum Gasteiger partial charge on any atom is -0.368 e. The van der Waals surface area contributed by atoms with Crippen LogP contribution in [0.1, 0.15) is 35.8 Å². The van der Waals surface area contributed by atoms with Crippen LogP contribution in [0.2, 0.25) is 0 Å². The molecule has 0 saturated carbocycles. The maximum absolute atomic E-state index is 12.8. The van der Waals surface area contributed by atoms with Crippen molar-refractivity contribution in [2.45, 2.75) is 39.3 Å². The van der Waals surface area contributed by atoms with Crippen molar-refractivity contribution in [1.82, 2.24) is 14.5 Å². The summed E-state index contributed by atoms with van der Waals surface area (Å²) >= 11 is 0. The predicted molar refractivity (Wildman–Crippen MR) is 89.7 cm³/mol. The molecular formula is C17H20N4O3. The summed E-state index contributed by atoms with van der Waals surface area (Å²) in [6.07, 6.45) is 2.78. The number of rotatable bonds is 3. The third-order valence-electron chi connectivity index (χ3n) is 4.47. The zero-order chi connectivity index (χ0) is 17.4. The summed E-state index contributed by atoms with van der Waals surface area (Å²) in [6.45, 7) is 4.78. The van der Waals surface area contributed by atoms with Crippen LogP contribution >= 0.6 is 0 Å². The normalized spacial score (nSPS) is 17.4. The molecule has 1 fully saturated rings. The Balaban J connectivity index is 2.14. The van der Waals surface area contributed by atoms with E-state index >= 15 is 0 Å². The number of aryl methyl sites for hydroxylation is 2. The predicted octanol–water partition coefficient (Wildman–Crippen LogP) is 0.815. The first-order chi connectivity index (χ1) is 11.4. The molecule has 0 bridgehead atoms. The average Bonchev–Trinajstić information content (AvgIpc) is 3.04. The van der Waals surface area contributed by atoms with Crippen molar-refractivity contribution in [2.24, 2.45) is 5.73 Å². The van der Waals surface area contributed by atoms with Gasteiger partial charge >= 0.3 is 0 Å². The van der Waals surface area contributed by atoms with Crippen LogP contribution in [0.15, 0.2) is 23.1 Å². The Labute approximate surface area is 139 Å². The third kappa shape index (κ3) is 2.55. The molecule has 0 aliphatic carbocycles. The second-order valence-corrected chi connectivity index (χ2v) is 6.04. The minimum atomic E-state index is -0.640. The van der Waals surface area contributed by atoms with Crippen molar-refractivity contribution in [1.29, 1.82) is 0 Å². The van der Waals surface area contributed by atoms with E-state index in [2.05, 4.69) is 4.98 Å². The van der Waals surface area contributed by atoms with Crippen molar-refractivity contribution in [3.05, 3.63) is 39.8 Å². The van der Waals surface area contributed by atoms with Crippen molar-refractivity contribution >= 4 is 22.8 Å². The smallest absolute Gasteiger partial charge is 0.260 e. The molecule has 3 heterocycles. The number of pyridine rings is 2. The SMILES string of the molecule is CCn1cc(C(=O)N2CCC[C@H]2C(N)=O)c(=O)c2ccc(C)nc21. The molecule has 1 aliphatic heterocycles. The highest BCUT2D eigenvalue weighted by molar-refractivity contribution is 5.99. The van der Waals surface area contributed by atoms with Crippen LogP contribution in [0.5, 0.6) is 0 Å². The van der Waals surface area contributed by atoms with Gasteiger partial charge in [0, 0.05) is 25.0 Å². The number of hydrogen-bond donors (Lipinski definition) is 1. The summed E-state index contributed by atoms with van der Waals surface area (Å²) in [4.78, 5) is 43.0. The second kappa shape index (κ2) is 6.07. The fourth-order valence-electron chi connectivity index (χ4n) is 3.21. The largest absolute Gasteiger partial charge is 0.368 e. The van der Waals surface area contributed by atoms with E-state index in [1.165, 1.54) is 11.1 Å². The summed E-state index contributed by atoms with van der Waals surface area (Å²) in [5.41, 5.74) is 6.44. The molecule has 0 aromatic carbocycles. The Morgan fingerprint density at radius 1 is 1.38 bits per heavy atom. The zero-order valence-electron chi connectivity index (χ0n) is 13.8. The Morgan fingerprint density at radius 3 is 2.79 bits per heavy atom. The highest BCUT2D eigenvalue weighted by atomic mass is 16.2. The van der Waals surface area contributed by atoms with Gasteiger partial charge in [-0.1, -0.05) is 0 Å². The van der Waals surface area contributed by atoms with Gasteiger partial charge in [-0.2, -0.15) is 0 Å². The first-order valence-corrected chi connectivity index (χ1v) is 8.05. The van der Waals surface area contributed by atoms with Gasteiger partial charge in [0.1, 0.15) is 17.3 Å². The monoisotopic (exact) mass is 328 g/mol. The molecule has 7 nitrogen and oxygen atoms in total. The molecule has 0 spiro atoms. The van der Waals surface area contributed by atoms with Crippen molar-refractivity contribution in [3.8, 4) is 0 Å². The first-order valence-electron chi connectivity index (χ1n) is 8.05. The number of hydrogen-bond acceptors (Lipinski definition) is 4. The van der Waals surface area contributed by atoms with E-state index in [-0.39, 0.29) is 11.0 Å². The topological polar surface area (TPSA) is 98.3 Å². The second-order valence-electron chi connectivity index (χ2n) is 6.04. The molecule has 3 rings (SSSR count). The van der Waals surface area contributed by atoms with Crippen LogP contribution < -0.4 is 11.2 Å². The minimum absolute atomic E-state index is 0.0585. The number of carbonyl (C=O) groups excluding carboxylic acids is 2. The van der Waals surface area contributed by atoms with E-state index in [9.17, 15) is 14.4 Å². The molecule has 2 amide bonds. The van der Waals surface area contributed by atoms with E-state index in [0.717, 1.165) is 5.69 Å². The summed E-state index contributed by atoms with van der Waals surface area (Å²) in [5, 5.41) is 0.406. The van der Waals surface area contributed by atoms with Gasteiger partial charge in [0.25, 0.3) is 5.91 Å². The number of fused-ring (bicyclic) bond motifs is 1. The van der Waals surface area contributed by atoms with Crippen LogP contribution in [0.4, 0.5) is 0 Å². The third-order valence-corrected chi connectivity index (χ3v) is 4.47. The van der Waals surface area contributed by atoms with Crippen LogP contribution in [0.3, 0.4) is 0 Å². The number of amides is 2. The number of aromatic nitrogens is 2. The summed E-state index contributed by atoms with van der Waals surface area (Å²) < 4.78 is 1.78. The highest BCUT2D eigenvalue weighted by Crippen LogP contribution is 2.20. The van der Waals surface area contributed by atoms with E-state index in [1.807, 2.05) is 13.8 Å². The lowest BCUT2D eigenvalue weighted by Crippen LogP contribution is -2.45. The lowest BCUT2D eigenvalue weighted by Gasteiger charge is -2.22. The Hall–Kier alpha value is -2.70. The van der Waals surface area contributed by atoms with Crippen LogP contribution in [-0.2, 0) is 11.3 Å². The van der Waals surface area contributed by atoms with Gasteiger partial charge in [0.05, 0.1) is 5.39 Å². The lowest BCUT2D eigenvalue weighted by molar-refractivity contribution is -0.121. The molecule has 1 saturated heterocycles. The number of primary amides is 1. The van der Waals surface area contributed by atoms with E-state index < -0.39 is 17.9 Å². The van der Waals surface area contributed by atoms with Crippen LogP contribution in [0.25, 0.3) is 11.0 Å². The van der Waals surface area contributed by atoms with Gasteiger partial charge in [0.15, 0.2) is 0 Å². The highest BCUT2D eigenvalue weighted by Gasteiger charge is 2.34. The summed E-state index contributed by atoms with van der Waals surface area (Å²) in [7, 11) is 0. The van der Waals surface area contributed by atoms with E-state index in [4.69, 9.17) is 5.73 Å². The fraction of sp³-hybridized carbons (Fsp3) is 0.412. The molecule has 1 atom stereocenters. The number of nitrogens with zero attached hydrogens (tertiary/aromatic N) is 3. The maximum atomic E-state index is 12.8. The van der Waals surface area contributed by atoms with E-state index in [1.54, 1.807) is 16.7 Å². The van der Waals surface area contributed by atoms with Gasteiger partial charge in [-0.3, -0.25) is 14.4 Å². The van der Waals surface area contributed by atoms with Crippen LogP contribution in [-0.4, -0.2) is 38.9 Å². The molecule has 7 heteroatoms. The number of likely N-dealkylation sites (tertiary alicyclic amines) is 1. The van der Waals surface area contributed by atoms with Gasteiger partial charge in [-0.25, -0.2) is 4.98 Å². The zero-order valence-corrected chi connectivity index (χ0v) is 13.8. The number of nitrogens with two attached hydrogens (primary N) is 1. The van der Waals surface area contributed by atoms with Crippen molar-refractivity contribution < 1.29 is 9.59 Å². The van der Waals surface area contributed by atoms with Crippen LogP contribution in [0, 0.1) is 6.92 Å². The average molecular weight is 328 g/mol. The quantitative estimate of drug-likeness (QED) is 0.901. The molecule has 0 radical (unpaired) electrons. The molecule has 126 valence electrons. The molecule has 24 heavy (non-hydrogen) atoms. The molecule has 2 aromatic heterocycles. The van der Waals surface area contributed by atoms with Crippen molar-refractivity contribution in [2.75, 3.05) is 6.54 Å². The standard InChI is InChI=1S/C17H20N4O3/c1-3-20-9-12(14(22)11-7-6-10(2)19-16(11)20)17(24)21-8-4-5-13(21)15(18)23/h6-7,9,13H,3-5,8H2,1-2H3,(H2,18,23)/t13-/m0/s1. The Bertz CT molecular complexity index is 887. The summed E-state index contributed by atoms with van der Waals surface area (Å²) in [5.74, 6) is -0.972. The maximum Gasteiger partial charge on any atom is 0.260 e. The fourth-order valence-corrected chi connectivity index (χ4v) is 3.21. The first kappa shape index (κ1) is 16.2. The molecule has 2 N–H and O–H groups in total. The molecule has 0 unspecified atom stereocenters.